The van der Waals surface area contributed by atoms with Crippen molar-refractivity contribution in [2.45, 2.75) is 18.5 Å². The number of anilines is 1. The van der Waals surface area contributed by atoms with E-state index in [0.29, 0.717) is 10.8 Å². The van der Waals surface area contributed by atoms with Crippen LogP contribution in [0.25, 0.3) is 0 Å². The summed E-state index contributed by atoms with van der Waals surface area (Å²) in [6, 6.07) is 9.48. The number of amides is 1. The highest BCUT2D eigenvalue weighted by atomic mass is 32.2. The van der Waals surface area contributed by atoms with Crippen molar-refractivity contribution in [1.29, 1.82) is 0 Å². The molecule has 0 fully saturated rings. The first kappa shape index (κ1) is 16.3. The molecule has 1 aromatic carbocycles. The zero-order chi connectivity index (χ0) is 16.9. The Bertz CT molecular complexity index is 814. The van der Waals surface area contributed by atoms with Gasteiger partial charge in [-0.05, 0) is 36.4 Å². The number of hydrogen-bond acceptors (Lipinski definition) is 4. The Labute approximate surface area is 142 Å². The van der Waals surface area contributed by atoms with E-state index < -0.39 is 0 Å². The topological polar surface area (TPSA) is 64.7 Å². The summed E-state index contributed by atoms with van der Waals surface area (Å²) in [6.45, 7) is 2.00. The van der Waals surface area contributed by atoms with Crippen LogP contribution in [0.4, 0.5) is 10.1 Å². The summed E-state index contributed by atoms with van der Waals surface area (Å²) in [5, 5.41) is 11.7. The molecular weight excluding hydrogens is 329 g/mol. The average Bonchev–Trinajstić information content (AvgIpc) is 3.23. The molecule has 8 heteroatoms. The van der Waals surface area contributed by atoms with E-state index in [0.717, 1.165) is 12.2 Å². The molecule has 0 atom stereocenters. The lowest BCUT2D eigenvalue weighted by atomic mass is 10.3. The number of nitrogens with one attached hydrogen (secondary N) is 1. The molecule has 0 saturated heterocycles. The first-order chi connectivity index (χ1) is 11.7. The molecule has 0 spiro atoms. The second kappa shape index (κ2) is 7.31. The highest BCUT2D eigenvalue weighted by Gasteiger charge is 2.14. The van der Waals surface area contributed by atoms with Crippen molar-refractivity contribution in [2.24, 2.45) is 0 Å². The van der Waals surface area contributed by atoms with Crippen molar-refractivity contribution in [2.75, 3.05) is 11.1 Å². The van der Waals surface area contributed by atoms with E-state index in [4.69, 9.17) is 0 Å². The second-order valence-electron chi connectivity index (χ2n) is 4.97. The number of aromatic nitrogens is 4. The Morgan fingerprint density at radius 1 is 1.21 bits per heavy atom. The van der Waals surface area contributed by atoms with Gasteiger partial charge in [-0.2, -0.15) is 0 Å². The summed E-state index contributed by atoms with van der Waals surface area (Å²) in [7, 11) is 0. The predicted molar refractivity (Wildman–Crippen MR) is 90.4 cm³/mol. The minimum Gasteiger partial charge on any atom is -0.325 e. The third kappa shape index (κ3) is 3.65. The fourth-order valence-corrected chi connectivity index (χ4v) is 2.91. The van der Waals surface area contributed by atoms with E-state index in [9.17, 15) is 9.18 Å². The predicted octanol–water partition coefficient (Wildman–Crippen LogP) is 2.82. The minimum atomic E-state index is -0.339. The number of rotatable bonds is 6. The Hall–Kier alpha value is -2.61. The normalized spacial score (nSPS) is 10.8. The zero-order valence-electron chi connectivity index (χ0n) is 13.0. The summed E-state index contributed by atoms with van der Waals surface area (Å²) in [6.07, 6.45) is 4.52. The lowest BCUT2D eigenvalue weighted by molar-refractivity contribution is -0.113. The second-order valence-corrected chi connectivity index (χ2v) is 5.91. The summed E-state index contributed by atoms with van der Waals surface area (Å²) in [5.41, 5.74) is 0.558. The number of halogens is 1. The summed E-state index contributed by atoms with van der Waals surface area (Å²) < 4.78 is 16.6. The maximum Gasteiger partial charge on any atom is 0.234 e. The van der Waals surface area contributed by atoms with Crippen LogP contribution in [0.3, 0.4) is 0 Å². The first-order valence-electron chi connectivity index (χ1n) is 7.43. The van der Waals surface area contributed by atoms with Crippen LogP contribution in [0.2, 0.25) is 0 Å². The fourth-order valence-electron chi connectivity index (χ4n) is 2.16. The number of benzene rings is 1. The van der Waals surface area contributed by atoms with Crippen LogP contribution in [-0.4, -0.2) is 31.2 Å². The largest absolute Gasteiger partial charge is 0.325 e. The maximum atomic E-state index is 12.9. The molecule has 124 valence electrons. The SMILES string of the molecule is CCc1nnc(SCC(=O)Nc2ccc(F)cc2)n1-n1cccc1. The van der Waals surface area contributed by atoms with Crippen LogP contribution in [0, 0.1) is 5.82 Å². The van der Waals surface area contributed by atoms with Crippen molar-refractivity contribution in [3.8, 4) is 0 Å². The third-order valence-corrected chi connectivity index (χ3v) is 4.19. The van der Waals surface area contributed by atoms with E-state index in [-0.39, 0.29) is 17.5 Å². The number of nitrogens with zero attached hydrogens (tertiary/aromatic N) is 4. The molecule has 0 bridgehead atoms. The lowest BCUT2D eigenvalue weighted by Crippen LogP contribution is -2.16. The van der Waals surface area contributed by atoms with Crippen molar-refractivity contribution in [3.05, 3.63) is 60.4 Å². The van der Waals surface area contributed by atoms with Crippen LogP contribution in [0.5, 0.6) is 0 Å². The van der Waals surface area contributed by atoms with E-state index in [1.165, 1.54) is 36.0 Å². The molecule has 0 aliphatic rings. The average molecular weight is 345 g/mol. The lowest BCUT2D eigenvalue weighted by Gasteiger charge is -2.10. The molecule has 3 rings (SSSR count). The van der Waals surface area contributed by atoms with Gasteiger partial charge in [-0.3, -0.25) is 9.47 Å². The zero-order valence-corrected chi connectivity index (χ0v) is 13.8. The Morgan fingerprint density at radius 3 is 2.58 bits per heavy atom. The van der Waals surface area contributed by atoms with Crippen LogP contribution >= 0.6 is 11.8 Å². The molecule has 3 aromatic rings. The van der Waals surface area contributed by atoms with Crippen LogP contribution < -0.4 is 5.32 Å². The summed E-state index contributed by atoms with van der Waals surface area (Å²) >= 11 is 1.29. The number of carbonyl (C=O) groups excluding carboxylic acids is 1. The van der Waals surface area contributed by atoms with Crippen LogP contribution in [0.1, 0.15) is 12.7 Å². The van der Waals surface area contributed by atoms with Gasteiger partial charge in [-0.15, -0.1) is 10.2 Å². The van der Waals surface area contributed by atoms with Gasteiger partial charge in [0.2, 0.25) is 11.1 Å². The van der Waals surface area contributed by atoms with Gasteiger partial charge < -0.3 is 5.32 Å². The van der Waals surface area contributed by atoms with E-state index >= 15 is 0 Å². The first-order valence-corrected chi connectivity index (χ1v) is 8.42. The molecule has 0 saturated carbocycles. The third-order valence-electron chi connectivity index (χ3n) is 3.27. The number of carbonyl (C=O) groups is 1. The number of aryl methyl sites for hydroxylation is 1. The van der Waals surface area contributed by atoms with Gasteiger partial charge in [0.05, 0.1) is 5.75 Å². The van der Waals surface area contributed by atoms with Gasteiger partial charge in [0.25, 0.3) is 0 Å². The minimum absolute atomic E-state index is 0.181. The summed E-state index contributed by atoms with van der Waals surface area (Å²) in [5.74, 6) is 0.467. The maximum absolute atomic E-state index is 12.9. The van der Waals surface area contributed by atoms with Crippen LogP contribution in [-0.2, 0) is 11.2 Å². The van der Waals surface area contributed by atoms with Gasteiger partial charge >= 0.3 is 0 Å². The van der Waals surface area contributed by atoms with E-state index in [1.54, 1.807) is 0 Å². The quantitative estimate of drug-likeness (QED) is 0.698. The molecule has 6 nitrogen and oxygen atoms in total. The van der Waals surface area contributed by atoms with E-state index in [1.807, 2.05) is 40.8 Å². The number of thioether (sulfide) groups is 1. The van der Waals surface area contributed by atoms with Gasteiger partial charge in [0.15, 0.2) is 5.82 Å². The monoisotopic (exact) mass is 345 g/mol. The Balaban J connectivity index is 1.67. The van der Waals surface area contributed by atoms with Gasteiger partial charge in [-0.1, -0.05) is 18.7 Å². The molecule has 0 radical (unpaired) electrons. The fraction of sp³-hybridized carbons (Fsp3) is 0.188. The Kier molecular flexibility index (Phi) is 4.95. The standard InChI is InChI=1S/C16H16FN5OS/c1-2-14-19-20-16(22(14)21-9-3-4-10-21)24-11-15(23)18-13-7-5-12(17)6-8-13/h3-10H,2,11H2,1H3,(H,18,23). The van der Waals surface area contributed by atoms with E-state index in [2.05, 4.69) is 15.5 Å². The molecular formula is C16H16FN5OS. The summed E-state index contributed by atoms with van der Waals surface area (Å²) in [4.78, 5) is 12.1. The molecule has 2 heterocycles. The molecule has 2 aromatic heterocycles. The molecule has 0 unspecified atom stereocenters. The van der Waals surface area contributed by atoms with Crippen molar-refractivity contribution < 1.29 is 9.18 Å². The number of hydrogen-bond donors (Lipinski definition) is 1. The molecule has 1 N–H and O–H groups in total. The van der Waals surface area contributed by atoms with Crippen molar-refractivity contribution >= 4 is 23.4 Å². The van der Waals surface area contributed by atoms with Gasteiger partial charge in [0, 0.05) is 24.5 Å². The van der Waals surface area contributed by atoms with Crippen molar-refractivity contribution in [1.82, 2.24) is 19.5 Å². The van der Waals surface area contributed by atoms with Crippen LogP contribution in [0.15, 0.2) is 53.9 Å². The van der Waals surface area contributed by atoms with Gasteiger partial charge in [-0.25, -0.2) is 9.07 Å². The highest BCUT2D eigenvalue weighted by Crippen LogP contribution is 2.18. The van der Waals surface area contributed by atoms with Crippen molar-refractivity contribution in [3.63, 3.8) is 0 Å². The Morgan fingerprint density at radius 2 is 1.92 bits per heavy atom. The molecule has 0 aliphatic heterocycles. The van der Waals surface area contributed by atoms with Gasteiger partial charge in [0.1, 0.15) is 5.82 Å². The molecule has 1 amide bonds. The molecule has 0 aliphatic carbocycles. The highest BCUT2D eigenvalue weighted by molar-refractivity contribution is 7.99. The molecule has 24 heavy (non-hydrogen) atoms. The smallest absolute Gasteiger partial charge is 0.234 e.